The van der Waals surface area contributed by atoms with Crippen LogP contribution in [0.1, 0.15) is 46.5 Å². The fourth-order valence-corrected chi connectivity index (χ4v) is 4.97. The molecule has 0 radical (unpaired) electrons. The van der Waals surface area contributed by atoms with Gasteiger partial charge in [-0.2, -0.15) is 11.8 Å². The van der Waals surface area contributed by atoms with Crippen molar-refractivity contribution in [2.75, 3.05) is 44.2 Å². The molecule has 1 heterocycles. The third-order valence-electron chi connectivity index (χ3n) is 4.90. The van der Waals surface area contributed by atoms with Gasteiger partial charge in [0.05, 0.1) is 0 Å². The van der Waals surface area contributed by atoms with E-state index in [2.05, 4.69) is 42.7 Å². The van der Waals surface area contributed by atoms with Crippen molar-refractivity contribution < 1.29 is 0 Å². The largest absolute Gasteiger partial charge is 0.316 e. The van der Waals surface area contributed by atoms with E-state index >= 15 is 0 Å². The number of nitrogens with zero attached hydrogens (tertiary/aromatic N) is 1. The predicted molar refractivity (Wildman–Crippen MR) is 91.5 cm³/mol. The Hall–Kier alpha value is 0.270. The van der Waals surface area contributed by atoms with Crippen LogP contribution in [0.4, 0.5) is 0 Å². The molecule has 2 fully saturated rings. The van der Waals surface area contributed by atoms with Gasteiger partial charge in [-0.3, -0.25) is 0 Å². The third kappa shape index (κ3) is 5.23. The van der Waals surface area contributed by atoms with E-state index in [1.54, 1.807) is 0 Å². The summed E-state index contributed by atoms with van der Waals surface area (Å²) in [5.74, 6) is 4.36. The minimum atomic E-state index is 0.550. The third-order valence-corrected chi connectivity index (χ3v) is 5.84. The van der Waals surface area contributed by atoms with Gasteiger partial charge in [0.15, 0.2) is 0 Å². The molecule has 118 valence electrons. The zero-order valence-corrected chi connectivity index (χ0v) is 14.6. The van der Waals surface area contributed by atoms with Crippen LogP contribution in [-0.2, 0) is 0 Å². The van der Waals surface area contributed by atoms with Crippen molar-refractivity contribution in [1.82, 2.24) is 10.2 Å². The normalized spacial score (nSPS) is 32.7. The summed E-state index contributed by atoms with van der Waals surface area (Å²) in [5.41, 5.74) is 0.550. The smallest absolute Gasteiger partial charge is 0.00729 e. The van der Waals surface area contributed by atoms with Gasteiger partial charge >= 0.3 is 0 Å². The van der Waals surface area contributed by atoms with Gasteiger partial charge in [0.1, 0.15) is 0 Å². The van der Waals surface area contributed by atoms with E-state index < -0.39 is 0 Å². The monoisotopic (exact) mass is 298 g/mol. The summed E-state index contributed by atoms with van der Waals surface area (Å²) in [4.78, 5) is 2.74. The molecule has 1 aliphatic carbocycles. The lowest BCUT2D eigenvalue weighted by atomic mass is 9.69. The molecule has 3 heteroatoms. The fraction of sp³-hybridized carbons (Fsp3) is 1.00. The van der Waals surface area contributed by atoms with E-state index in [-0.39, 0.29) is 0 Å². The topological polar surface area (TPSA) is 15.3 Å². The number of rotatable bonds is 6. The number of hydrogen-bond donors (Lipinski definition) is 1. The van der Waals surface area contributed by atoms with Crippen molar-refractivity contribution in [2.45, 2.75) is 46.5 Å². The van der Waals surface area contributed by atoms with Crippen LogP contribution in [0.2, 0.25) is 0 Å². The Morgan fingerprint density at radius 2 is 2.05 bits per heavy atom. The van der Waals surface area contributed by atoms with Crippen LogP contribution in [0.25, 0.3) is 0 Å². The summed E-state index contributed by atoms with van der Waals surface area (Å²) in [6, 6.07) is 0. The summed E-state index contributed by atoms with van der Waals surface area (Å²) in [6.45, 7) is 13.4. The Labute approximate surface area is 130 Å². The molecule has 0 amide bonds. The maximum atomic E-state index is 3.77. The van der Waals surface area contributed by atoms with Crippen molar-refractivity contribution in [3.05, 3.63) is 0 Å². The van der Waals surface area contributed by atoms with Gasteiger partial charge < -0.3 is 10.2 Å². The van der Waals surface area contributed by atoms with Gasteiger partial charge in [-0.15, -0.1) is 0 Å². The van der Waals surface area contributed by atoms with Crippen LogP contribution in [0.15, 0.2) is 0 Å². The summed E-state index contributed by atoms with van der Waals surface area (Å²) in [5, 5.41) is 3.77. The molecule has 1 aliphatic heterocycles. The first-order chi connectivity index (χ1) is 9.60. The van der Waals surface area contributed by atoms with Gasteiger partial charge in [0.2, 0.25) is 0 Å². The molecule has 0 spiro atoms. The lowest BCUT2D eigenvalue weighted by Crippen LogP contribution is -2.49. The number of hydrogen-bond acceptors (Lipinski definition) is 3. The standard InChI is InChI=1S/C17H34N2S/c1-15(2)12-18-13-17(6-4-5-16(3)11-17)14-19-7-9-20-10-8-19/h15-16,18H,4-14H2,1-3H3. The van der Waals surface area contributed by atoms with Crippen LogP contribution in [0, 0.1) is 17.3 Å². The van der Waals surface area contributed by atoms with Crippen molar-refractivity contribution in [2.24, 2.45) is 17.3 Å². The lowest BCUT2D eigenvalue weighted by Gasteiger charge is -2.44. The first kappa shape index (κ1) is 16.6. The molecule has 1 saturated carbocycles. The molecule has 2 nitrogen and oxygen atoms in total. The first-order valence-electron chi connectivity index (χ1n) is 8.60. The first-order valence-corrected chi connectivity index (χ1v) is 9.76. The van der Waals surface area contributed by atoms with Crippen LogP contribution in [0.3, 0.4) is 0 Å². The van der Waals surface area contributed by atoms with Crippen molar-refractivity contribution in [3.63, 3.8) is 0 Å². The molecular formula is C17H34N2S. The van der Waals surface area contributed by atoms with E-state index in [4.69, 9.17) is 0 Å². The second-order valence-corrected chi connectivity index (χ2v) is 8.84. The van der Waals surface area contributed by atoms with E-state index in [1.165, 1.54) is 69.9 Å². The minimum absolute atomic E-state index is 0.550. The highest BCUT2D eigenvalue weighted by Crippen LogP contribution is 2.40. The van der Waals surface area contributed by atoms with Crippen LogP contribution in [-0.4, -0.2) is 49.1 Å². The number of thioether (sulfide) groups is 1. The maximum Gasteiger partial charge on any atom is 0.00729 e. The summed E-state index contributed by atoms with van der Waals surface area (Å²) in [6.07, 6.45) is 5.75. The van der Waals surface area contributed by atoms with Gasteiger partial charge in [-0.1, -0.05) is 33.6 Å². The highest BCUT2D eigenvalue weighted by Gasteiger charge is 2.36. The molecular weight excluding hydrogens is 264 g/mol. The Morgan fingerprint density at radius 3 is 2.70 bits per heavy atom. The second kappa shape index (κ2) is 8.05. The summed E-state index contributed by atoms with van der Waals surface area (Å²) < 4.78 is 0. The average Bonchev–Trinajstić information content (AvgIpc) is 2.39. The van der Waals surface area contributed by atoms with Crippen LogP contribution in [0.5, 0.6) is 0 Å². The molecule has 0 bridgehead atoms. The molecule has 0 aromatic rings. The van der Waals surface area contributed by atoms with E-state index in [0.717, 1.165) is 11.8 Å². The maximum absolute atomic E-state index is 3.77. The highest BCUT2D eigenvalue weighted by molar-refractivity contribution is 7.99. The summed E-state index contributed by atoms with van der Waals surface area (Å²) in [7, 11) is 0. The Balaban J connectivity index is 1.91. The van der Waals surface area contributed by atoms with Crippen molar-refractivity contribution in [3.8, 4) is 0 Å². The van der Waals surface area contributed by atoms with Gasteiger partial charge in [0, 0.05) is 37.7 Å². The van der Waals surface area contributed by atoms with E-state index in [1.807, 2.05) is 0 Å². The minimum Gasteiger partial charge on any atom is -0.316 e. The van der Waals surface area contributed by atoms with Gasteiger partial charge in [-0.05, 0) is 36.6 Å². The predicted octanol–water partition coefficient (Wildman–Crippen LogP) is 3.48. The van der Waals surface area contributed by atoms with Crippen LogP contribution < -0.4 is 5.32 Å². The zero-order valence-electron chi connectivity index (χ0n) is 13.8. The Kier molecular flexibility index (Phi) is 6.70. The molecule has 2 atom stereocenters. The molecule has 0 aromatic carbocycles. The van der Waals surface area contributed by atoms with Gasteiger partial charge in [0.25, 0.3) is 0 Å². The Bertz CT molecular complexity index is 276. The molecule has 0 aromatic heterocycles. The van der Waals surface area contributed by atoms with E-state index in [0.29, 0.717) is 5.41 Å². The number of nitrogens with one attached hydrogen (secondary N) is 1. The SMILES string of the molecule is CC(C)CNCC1(CN2CCSCC2)CCCC(C)C1. The molecule has 20 heavy (non-hydrogen) atoms. The van der Waals surface area contributed by atoms with Crippen molar-refractivity contribution in [1.29, 1.82) is 0 Å². The van der Waals surface area contributed by atoms with E-state index in [9.17, 15) is 0 Å². The van der Waals surface area contributed by atoms with Crippen molar-refractivity contribution >= 4 is 11.8 Å². The highest BCUT2D eigenvalue weighted by atomic mass is 32.2. The molecule has 1 N–H and O–H groups in total. The average molecular weight is 299 g/mol. The molecule has 2 rings (SSSR count). The molecule has 2 unspecified atom stereocenters. The molecule has 2 aliphatic rings. The fourth-order valence-electron chi connectivity index (χ4n) is 3.99. The summed E-state index contributed by atoms with van der Waals surface area (Å²) >= 11 is 2.12. The van der Waals surface area contributed by atoms with Crippen LogP contribution >= 0.6 is 11.8 Å². The van der Waals surface area contributed by atoms with Gasteiger partial charge in [-0.25, -0.2) is 0 Å². The zero-order chi connectivity index (χ0) is 14.4. The second-order valence-electron chi connectivity index (χ2n) is 7.61. The lowest BCUT2D eigenvalue weighted by molar-refractivity contribution is 0.0840. The quantitative estimate of drug-likeness (QED) is 0.808. The molecule has 1 saturated heterocycles. The Morgan fingerprint density at radius 1 is 1.30 bits per heavy atom.